The fraction of sp³-hybridized carbons (Fsp3) is 0.263. The van der Waals surface area contributed by atoms with Crippen molar-refractivity contribution in [3.8, 4) is 5.75 Å². The van der Waals surface area contributed by atoms with Crippen LogP contribution in [-0.4, -0.2) is 30.1 Å². The van der Waals surface area contributed by atoms with E-state index in [1.807, 2.05) is 32.0 Å². The van der Waals surface area contributed by atoms with Gasteiger partial charge in [-0.15, -0.1) is 0 Å². The number of ether oxygens (including phenoxy) is 1. The molecule has 0 aliphatic rings. The molecule has 2 aromatic carbocycles. The summed E-state index contributed by atoms with van der Waals surface area (Å²) in [5.74, 6) is -0.819. The van der Waals surface area contributed by atoms with Crippen molar-refractivity contribution in [3.05, 3.63) is 64.7 Å². The van der Waals surface area contributed by atoms with Crippen LogP contribution in [0.1, 0.15) is 27.0 Å². The molecule has 24 heavy (non-hydrogen) atoms. The van der Waals surface area contributed by atoms with Crippen molar-refractivity contribution in [3.63, 3.8) is 0 Å². The number of carbonyl (C=O) groups is 2. The van der Waals surface area contributed by atoms with Gasteiger partial charge in [0.1, 0.15) is 11.8 Å². The van der Waals surface area contributed by atoms with E-state index in [1.165, 1.54) is 36.9 Å². The normalized spacial score (nSPS) is 11.6. The monoisotopic (exact) mass is 327 g/mol. The largest absolute Gasteiger partial charge is 0.508 e. The highest BCUT2D eigenvalue weighted by Gasteiger charge is 2.22. The van der Waals surface area contributed by atoms with E-state index in [0.29, 0.717) is 12.0 Å². The Balaban J connectivity index is 2.16. The standard InChI is InChI=1S/C19H21NO4/c1-12-4-5-14(10-13(12)2)11-17(19(23)24-3)20-18(22)15-6-8-16(21)9-7-15/h4-10,17,21H,11H2,1-3H3,(H,20,22)/t17-/m0/s1. The van der Waals surface area contributed by atoms with E-state index in [1.54, 1.807) is 0 Å². The van der Waals surface area contributed by atoms with Crippen LogP contribution < -0.4 is 5.32 Å². The minimum Gasteiger partial charge on any atom is -0.508 e. The molecular weight excluding hydrogens is 306 g/mol. The summed E-state index contributed by atoms with van der Waals surface area (Å²) < 4.78 is 4.80. The highest BCUT2D eigenvalue weighted by atomic mass is 16.5. The lowest BCUT2D eigenvalue weighted by molar-refractivity contribution is -0.142. The van der Waals surface area contributed by atoms with E-state index >= 15 is 0 Å². The van der Waals surface area contributed by atoms with Crippen molar-refractivity contribution in [1.29, 1.82) is 0 Å². The summed E-state index contributed by atoms with van der Waals surface area (Å²) in [6, 6.07) is 11.0. The summed E-state index contributed by atoms with van der Waals surface area (Å²) in [5, 5.41) is 12.0. The van der Waals surface area contributed by atoms with Crippen molar-refractivity contribution < 1.29 is 19.4 Å². The minimum absolute atomic E-state index is 0.0752. The average molecular weight is 327 g/mol. The molecule has 2 N–H and O–H groups in total. The number of hydrogen-bond acceptors (Lipinski definition) is 4. The van der Waals surface area contributed by atoms with Crippen LogP contribution >= 0.6 is 0 Å². The van der Waals surface area contributed by atoms with Crippen molar-refractivity contribution in [2.45, 2.75) is 26.3 Å². The summed E-state index contributed by atoms with van der Waals surface area (Å²) in [4.78, 5) is 24.3. The lowest BCUT2D eigenvalue weighted by Gasteiger charge is -2.17. The smallest absolute Gasteiger partial charge is 0.328 e. The van der Waals surface area contributed by atoms with Crippen LogP contribution in [0.2, 0.25) is 0 Å². The average Bonchev–Trinajstić information content (AvgIpc) is 2.57. The number of phenolic OH excluding ortho intramolecular Hbond substituents is 1. The van der Waals surface area contributed by atoms with Gasteiger partial charge in [0.25, 0.3) is 5.91 Å². The Morgan fingerprint density at radius 1 is 1.08 bits per heavy atom. The first-order chi connectivity index (χ1) is 11.4. The van der Waals surface area contributed by atoms with Crippen LogP contribution in [0.4, 0.5) is 0 Å². The predicted molar refractivity (Wildman–Crippen MR) is 91.0 cm³/mol. The molecule has 126 valence electrons. The van der Waals surface area contributed by atoms with E-state index in [4.69, 9.17) is 4.74 Å². The van der Waals surface area contributed by atoms with E-state index in [9.17, 15) is 14.7 Å². The Bertz CT molecular complexity index is 738. The molecule has 0 aliphatic heterocycles. The van der Waals surface area contributed by atoms with Gasteiger partial charge in [-0.05, 0) is 54.8 Å². The quantitative estimate of drug-likeness (QED) is 0.828. The zero-order valence-corrected chi connectivity index (χ0v) is 14.0. The van der Waals surface area contributed by atoms with Crippen molar-refractivity contribution in [2.24, 2.45) is 0 Å². The molecule has 0 fully saturated rings. The number of aryl methyl sites for hydroxylation is 2. The van der Waals surface area contributed by atoms with Gasteiger partial charge in [0.2, 0.25) is 0 Å². The fourth-order valence-electron chi connectivity index (χ4n) is 2.36. The first-order valence-electron chi connectivity index (χ1n) is 7.64. The number of amides is 1. The van der Waals surface area contributed by atoms with Crippen molar-refractivity contribution in [1.82, 2.24) is 5.32 Å². The number of rotatable bonds is 5. The predicted octanol–water partition coefficient (Wildman–Crippen LogP) is 2.52. The van der Waals surface area contributed by atoms with E-state index in [2.05, 4.69) is 5.32 Å². The second-order valence-electron chi connectivity index (χ2n) is 5.72. The SMILES string of the molecule is COC(=O)[C@H](Cc1ccc(C)c(C)c1)NC(=O)c1ccc(O)cc1. The van der Waals surface area contributed by atoms with E-state index in [0.717, 1.165) is 11.1 Å². The molecule has 0 saturated carbocycles. The second-order valence-corrected chi connectivity index (χ2v) is 5.72. The summed E-state index contributed by atoms with van der Waals surface area (Å²) >= 11 is 0. The zero-order chi connectivity index (χ0) is 17.7. The number of hydrogen-bond donors (Lipinski definition) is 2. The molecule has 5 heteroatoms. The summed E-state index contributed by atoms with van der Waals surface area (Å²) in [6.45, 7) is 4.02. The van der Waals surface area contributed by atoms with Crippen molar-refractivity contribution >= 4 is 11.9 Å². The van der Waals surface area contributed by atoms with Gasteiger partial charge in [0.05, 0.1) is 7.11 Å². The topological polar surface area (TPSA) is 75.6 Å². The Morgan fingerprint density at radius 2 is 1.75 bits per heavy atom. The number of methoxy groups -OCH3 is 1. The Labute approximate surface area is 141 Å². The first-order valence-corrected chi connectivity index (χ1v) is 7.64. The number of carbonyl (C=O) groups excluding carboxylic acids is 2. The van der Waals surface area contributed by atoms with Crippen LogP contribution in [0.3, 0.4) is 0 Å². The van der Waals surface area contributed by atoms with Crippen molar-refractivity contribution in [2.75, 3.05) is 7.11 Å². The van der Waals surface area contributed by atoms with Gasteiger partial charge in [-0.25, -0.2) is 4.79 Å². The lowest BCUT2D eigenvalue weighted by atomic mass is 10.0. The summed E-state index contributed by atoms with van der Waals surface area (Å²) in [5.41, 5.74) is 3.60. The van der Waals surface area contributed by atoms with Gasteiger partial charge >= 0.3 is 5.97 Å². The van der Waals surface area contributed by atoms with Gasteiger partial charge in [0.15, 0.2) is 0 Å². The Kier molecular flexibility index (Phi) is 5.58. The van der Waals surface area contributed by atoms with Gasteiger partial charge in [-0.2, -0.15) is 0 Å². The maximum Gasteiger partial charge on any atom is 0.328 e. The molecule has 0 saturated heterocycles. The maximum atomic E-state index is 12.3. The number of nitrogens with one attached hydrogen (secondary N) is 1. The van der Waals surface area contributed by atoms with Crippen LogP contribution in [0.25, 0.3) is 0 Å². The summed E-state index contributed by atoms with van der Waals surface area (Å²) in [7, 11) is 1.29. The first kappa shape index (κ1) is 17.5. The molecule has 2 aromatic rings. The fourth-order valence-corrected chi connectivity index (χ4v) is 2.36. The number of aromatic hydroxyl groups is 1. The second kappa shape index (κ2) is 7.64. The molecule has 0 heterocycles. The number of benzene rings is 2. The molecule has 0 aliphatic carbocycles. The van der Waals surface area contributed by atoms with Crippen LogP contribution in [0.5, 0.6) is 5.75 Å². The molecule has 5 nitrogen and oxygen atoms in total. The number of esters is 1. The molecule has 0 radical (unpaired) electrons. The molecule has 0 unspecified atom stereocenters. The van der Waals surface area contributed by atoms with E-state index in [-0.39, 0.29) is 5.75 Å². The molecular formula is C19H21NO4. The molecule has 1 atom stereocenters. The molecule has 2 rings (SSSR count). The summed E-state index contributed by atoms with van der Waals surface area (Å²) in [6.07, 6.45) is 0.345. The Hall–Kier alpha value is -2.82. The molecule has 0 aromatic heterocycles. The van der Waals surface area contributed by atoms with Gasteiger partial charge in [-0.1, -0.05) is 18.2 Å². The Morgan fingerprint density at radius 3 is 2.33 bits per heavy atom. The van der Waals surface area contributed by atoms with Crippen LogP contribution in [0.15, 0.2) is 42.5 Å². The van der Waals surface area contributed by atoms with E-state index < -0.39 is 17.9 Å². The molecule has 1 amide bonds. The zero-order valence-electron chi connectivity index (χ0n) is 14.0. The molecule has 0 spiro atoms. The lowest BCUT2D eigenvalue weighted by Crippen LogP contribution is -2.43. The third-order valence-electron chi connectivity index (χ3n) is 3.93. The highest BCUT2D eigenvalue weighted by molar-refractivity contribution is 5.96. The number of phenols is 1. The van der Waals surface area contributed by atoms with Gasteiger partial charge < -0.3 is 15.2 Å². The third kappa shape index (κ3) is 4.35. The molecule has 0 bridgehead atoms. The van der Waals surface area contributed by atoms with Gasteiger partial charge in [0, 0.05) is 12.0 Å². The van der Waals surface area contributed by atoms with Gasteiger partial charge in [-0.3, -0.25) is 4.79 Å². The minimum atomic E-state index is -0.779. The maximum absolute atomic E-state index is 12.3. The van der Waals surface area contributed by atoms with Crippen LogP contribution in [-0.2, 0) is 16.0 Å². The van der Waals surface area contributed by atoms with Crippen LogP contribution in [0, 0.1) is 13.8 Å². The third-order valence-corrected chi connectivity index (χ3v) is 3.93. The highest BCUT2D eigenvalue weighted by Crippen LogP contribution is 2.13.